The Hall–Kier alpha value is -3.34. The molecule has 0 saturated heterocycles. The third-order valence-electron chi connectivity index (χ3n) is 6.61. The Kier molecular flexibility index (Phi) is 6.74. The number of ether oxygens (including phenoxy) is 3. The minimum atomic E-state index is -0.812. The zero-order chi connectivity index (χ0) is 25.2. The number of hydrogen-bond donors (Lipinski definition) is 0. The van der Waals surface area contributed by atoms with Crippen LogP contribution in [0.4, 0.5) is 0 Å². The molecule has 1 heterocycles. The lowest BCUT2D eigenvalue weighted by molar-refractivity contribution is 0.0000506. The minimum Gasteiger partial charge on any atom is -0.497 e. The molecule has 4 heteroatoms. The monoisotopic (exact) mass is 540 g/mol. The van der Waals surface area contributed by atoms with Crippen molar-refractivity contribution >= 4 is 22.0 Å². The summed E-state index contributed by atoms with van der Waals surface area (Å²) in [5.74, 6) is 1.67. The van der Waals surface area contributed by atoms with Gasteiger partial charge < -0.3 is 14.2 Å². The third-order valence-corrected chi connectivity index (χ3v) is 7.80. The third kappa shape index (κ3) is 4.59. The lowest BCUT2D eigenvalue weighted by Gasteiger charge is -2.36. The topological polar surface area (TPSA) is 27.7 Å². The lowest BCUT2D eigenvalue weighted by Crippen LogP contribution is -2.33. The Balaban J connectivity index is 1.59. The van der Waals surface area contributed by atoms with Crippen molar-refractivity contribution in [2.24, 2.45) is 0 Å². The van der Waals surface area contributed by atoms with E-state index in [9.17, 15) is 0 Å². The van der Waals surface area contributed by atoms with Gasteiger partial charge in [0, 0.05) is 10.0 Å². The molecule has 0 amide bonds. The van der Waals surface area contributed by atoms with Gasteiger partial charge in [-0.25, -0.2) is 0 Å². The Bertz CT molecular complexity index is 1320. The average Bonchev–Trinajstić information content (AvgIpc) is 2.91. The first-order valence-corrected chi connectivity index (χ1v) is 12.8. The Labute approximate surface area is 221 Å². The minimum absolute atomic E-state index is 0.401. The highest BCUT2D eigenvalue weighted by molar-refractivity contribution is 9.11. The molecule has 36 heavy (non-hydrogen) atoms. The molecular weight excluding hydrogens is 512 g/mol. The molecule has 0 N–H and O–H groups in total. The van der Waals surface area contributed by atoms with Crippen LogP contribution in [0.5, 0.6) is 11.5 Å². The predicted octanol–water partition coefficient (Wildman–Crippen LogP) is 8.11. The van der Waals surface area contributed by atoms with Crippen molar-refractivity contribution in [3.05, 3.63) is 135 Å². The predicted molar refractivity (Wildman–Crippen MR) is 149 cm³/mol. The Morgan fingerprint density at radius 2 is 1.36 bits per heavy atom. The number of fused-ring (bicyclic) bond motifs is 1. The maximum atomic E-state index is 6.99. The van der Waals surface area contributed by atoms with Crippen molar-refractivity contribution in [2.75, 3.05) is 7.11 Å². The second kappa shape index (κ2) is 9.96. The number of rotatable bonds is 7. The summed E-state index contributed by atoms with van der Waals surface area (Å²) < 4.78 is 19.8. The average molecular weight is 541 g/mol. The van der Waals surface area contributed by atoms with E-state index in [1.54, 1.807) is 7.11 Å². The maximum Gasteiger partial charge on any atom is 0.144 e. The van der Waals surface area contributed by atoms with Crippen LogP contribution >= 0.6 is 15.9 Å². The number of benzene rings is 4. The summed E-state index contributed by atoms with van der Waals surface area (Å²) in [5.41, 5.74) is 4.02. The highest BCUT2D eigenvalue weighted by Gasteiger charge is 2.38. The molecule has 0 aliphatic carbocycles. The molecule has 0 unspecified atom stereocenters. The highest BCUT2D eigenvalue weighted by atomic mass is 79.9. The highest BCUT2D eigenvalue weighted by Crippen LogP contribution is 2.43. The molecule has 0 fully saturated rings. The number of halogens is 1. The van der Waals surface area contributed by atoms with Crippen molar-refractivity contribution in [3.8, 4) is 11.5 Å². The molecule has 0 spiro atoms. The van der Waals surface area contributed by atoms with Gasteiger partial charge in [0.15, 0.2) is 0 Å². The van der Waals surface area contributed by atoms with Crippen LogP contribution in [0.15, 0.2) is 108 Å². The molecule has 0 aromatic heterocycles. The first kappa shape index (κ1) is 24.4. The van der Waals surface area contributed by atoms with Gasteiger partial charge >= 0.3 is 0 Å². The molecule has 0 atom stereocenters. The molecule has 1 aliphatic heterocycles. The molecule has 0 bridgehead atoms. The van der Waals surface area contributed by atoms with Crippen molar-refractivity contribution in [3.63, 3.8) is 0 Å². The Morgan fingerprint density at radius 1 is 0.778 bits per heavy atom. The molecule has 0 saturated carbocycles. The van der Waals surface area contributed by atoms with Gasteiger partial charge in [-0.2, -0.15) is 0 Å². The van der Waals surface area contributed by atoms with Crippen LogP contribution in [0.3, 0.4) is 0 Å². The molecule has 4 aromatic carbocycles. The normalized spacial score (nSPS) is 14.4. The van der Waals surface area contributed by atoms with E-state index in [0.29, 0.717) is 6.61 Å². The summed E-state index contributed by atoms with van der Waals surface area (Å²) in [6, 6.07) is 35.2. The second-order valence-corrected chi connectivity index (χ2v) is 10.3. The smallest absolute Gasteiger partial charge is 0.144 e. The SMILES string of the molecule is COc1ccc(C(OCc2ccc3c(c2)OC(C)(C)C(Br)=C3)(c2ccccc2)c2ccccc2)cc1. The first-order chi connectivity index (χ1) is 17.4. The largest absolute Gasteiger partial charge is 0.497 e. The van der Waals surface area contributed by atoms with E-state index in [1.165, 1.54) is 0 Å². The first-order valence-electron chi connectivity index (χ1n) is 12.0. The standard InChI is InChI=1S/C32H29BrO3/c1-31(2)30(33)21-24-15-14-23(20-29(24)36-31)22-35-32(25-10-6-4-7-11-25,26-12-8-5-9-13-26)27-16-18-28(34-3)19-17-27/h4-21H,22H2,1-3H3. The van der Waals surface area contributed by atoms with E-state index >= 15 is 0 Å². The molecule has 5 rings (SSSR count). The molecule has 3 nitrogen and oxygen atoms in total. The van der Waals surface area contributed by atoms with Crippen LogP contribution in [0.25, 0.3) is 6.08 Å². The van der Waals surface area contributed by atoms with Crippen LogP contribution in [0.2, 0.25) is 0 Å². The van der Waals surface area contributed by atoms with Gasteiger partial charge in [-0.3, -0.25) is 0 Å². The molecule has 4 aromatic rings. The molecular formula is C32H29BrO3. The van der Waals surface area contributed by atoms with Gasteiger partial charge in [0.25, 0.3) is 0 Å². The fourth-order valence-corrected chi connectivity index (χ4v) is 4.95. The van der Waals surface area contributed by atoms with Crippen molar-refractivity contribution in [1.82, 2.24) is 0 Å². The van der Waals surface area contributed by atoms with Gasteiger partial charge in [0.2, 0.25) is 0 Å². The van der Waals surface area contributed by atoms with Gasteiger partial charge in [0.05, 0.1) is 13.7 Å². The summed E-state index contributed by atoms with van der Waals surface area (Å²) in [6.45, 7) is 4.51. The van der Waals surface area contributed by atoms with Gasteiger partial charge in [-0.15, -0.1) is 0 Å². The molecule has 0 radical (unpaired) electrons. The summed E-state index contributed by atoms with van der Waals surface area (Å²) >= 11 is 3.65. The summed E-state index contributed by atoms with van der Waals surface area (Å²) in [6.07, 6.45) is 2.12. The fourth-order valence-electron chi connectivity index (χ4n) is 4.62. The van der Waals surface area contributed by atoms with E-state index in [2.05, 4.69) is 115 Å². The zero-order valence-electron chi connectivity index (χ0n) is 20.7. The van der Waals surface area contributed by atoms with E-state index < -0.39 is 11.2 Å². The van der Waals surface area contributed by atoms with Crippen LogP contribution in [0, 0.1) is 0 Å². The fraction of sp³-hybridized carbons (Fsp3) is 0.188. The van der Waals surface area contributed by atoms with Crippen LogP contribution in [0.1, 0.15) is 41.7 Å². The molecule has 182 valence electrons. The van der Waals surface area contributed by atoms with Crippen LogP contribution < -0.4 is 9.47 Å². The Morgan fingerprint density at radius 3 is 1.94 bits per heavy atom. The van der Waals surface area contributed by atoms with Gasteiger partial charge in [-0.1, -0.05) is 101 Å². The van der Waals surface area contributed by atoms with Crippen LogP contribution in [-0.2, 0) is 16.9 Å². The van der Waals surface area contributed by atoms with E-state index in [-0.39, 0.29) is 0 Å². The van der Waals surface area contributed by atoms with Crippen molar-refractivity contribution in [1.29, 1.82) is 0 Å². The van der Waals surface area contributed by atoms with Gasteiger partial charge in [0.1, 0.15) is 22.7 Å². The van der Waals surface area contributed by atoms with Crippen molar-refractivity contribution in [2.45, 2.75) is 31.7 Å². The van der Waals surface area contributed by atoms with E-state index in [0.717, 1.165) is 43.8 Å². The van der Waals surface area contributed by atoms with Gasteiger partial charge in [-0.05, 0) is 60.4 Å². The van der Waals surface area contributed by atoms with E-state index in [4.69, 9.17) is 14.2 Å². The molecule has 1 aliphatic rings. The van der Waals surface area contributed by atoms with Crippen LogP contribution in [-0.4, -0.2) is 12.7 Å². The summed E-state index contributed by atoms with van der Waals surface area (Å²) in [7, 11) is 1.68. The number of methoxy groups -OCH3 is 1. The second-order valence-electron chi connectivity index (χ2n) is 9.41. The quantitative estimate of drug-likeness (QED) is 0.221. The van der Waals surface area contributed by atoms with Crippen molar-refractivity contribution < 1.29 is 14.2 Å². The zero-order valence-corrected chi connectivity index (χ0v) is 22.3. The summed E-state index contributed by atoms with van der Waals surface area (Å²) in [4.78, 5) is 0. The van der Waals surface area contributed by atoms with E-state index in [1.807, 2.05) is 24.3 Å². The lowest BCUT2D eigenvalue weighted by atomic mass is 9.80. The number of hydrogen-bond acceptors (Lipinski definition) is 3. The summed E-state index contributed by atoms with van der Waals surface area (Å²) in [5, 5.41) is 0. The maximum absolute atomic E-state index is 6.99.